The molecule has 0 radical (unpaired) electrons. The molecule has 0 spiro atoms. The molecule has 3 rings (SSSR count). The lowest BCUT2D eigenvalue weighted by Gasteiger charge is -2.35. The number of amides is 1. The van der Waals surface area contributed by atoms with Crippen LogP contribution in [-0.2, 0) is 4.79 Å². The van der Waals surface area contributed by atoms with Crippen LogP contribution in [0.1, 0.15) is 25.7 Å². The van der Waals surface area contributed by atoms with Crippen molar-refractivity contribution in [3.63, 3.8) is 0 Å². The fraction of sp³-hybridized carbons (Fsp3) is 0.600. The van der Waals surface area contributed by atoms with Gasteiger partial charge in [-0.2, -0.15) is 0 Å². The number of nitrogens with zero attached hydrogens (tertiary/aromatic N) is 2. The third-order valence-corrected chi connectivity index (χ3v) is 4.58. The summed E-state index contributed by atoms with van der Waals surface area (Å²) in [6.45, 7) is 3.11. The third-order valence-electron chi connectivity index (χ3n) is 4.35. The van der Waals surface area contributed by atoms with E-state index in [2.05, 4.69) is 20.5 Å². The van der Waals surface area contributed by atoms with E-state index < -0.39 is 0 Å². The van der Waals surface area contributed by atoms with Crippen molar-refractivity contribution < 1.29 is 4.79 Å². The van der Waals surface area contributed by atoms with E-state index in [0.717, 1.165) is 45.3 Å². The number of pyridine rings is 1. The monoisotopic (exact) mass is 308 g/mol. The fourth-order valence-electron chi connectivity index (χ4n) is 3.33. The Labute approximate surface area is 130 Å². The molecular formula is C15H21ClN4O. The first-order chi connectivity index (χ1) is 10.2. The zero-order valence-electron chi connectivity index (χ0n) is 12.0. The van der Waals surface area contributed by atoms with Gasteiger partial charge in [0.15, 0.2) is 0 Å². The van der Waals surface area contributed by atoms with Crippen LogP contribution in [0.5, 0.6) is 0 Å². The molecule has 1 amide bonds. The summed E-state index contributed by atoms with van der Waals surface area (Å²) >= 11 is 5.93. The van der Waals surface area contributed by atoms with Crippen molar-refractivity contribution in [2.75, 3.05) is 25.0 Å². The summed E-state index contributed by atoms with van der Waals surface area (Å²) in [4.78, 5) is 19.0. The van der Waals surface area contributed by atoms with Crippen LogP contribution in [0.15, 0.2) is 18.3 Å². The minimum atomic E-state index is -0.0334. The number of aromatic nitrogens is 1. The van der Waals surface area contributed by atoms with E-state index in [4.69, 9.17) is 11.6 Å². The van der Waals surface area contributed by atoms with Gasteiger partial charge in [0.05, 0.1) is 6.04 Å². The Kier molecular flexibility index (Phi) is 4.73. The number of halogens is 1. The Morgan fingerprint density at radius 2 is 2.19 bits per heavy atom. The van der Waals surface area contributed by atoms with E-state index in [0.29, 0.717) is 16.9 Å². The maximum atomic E-state index is 12.5. The fourth-order valence-corrected chi connectivity index (χ4v) is 3.49. The van der Waals surface area contributed by atoms with Gasteiger partial charge < -0.3 is 10.6 Å². The van der Waals surface area contributed by atoms with Crippen LogP contribution < -0.4 is 10.6 Å². The molecule has 1 aromatic rings. The van der Waals surface area contributed by atoms with Gasteiger partial charge in [0, 0.05) is 17.3 Å². The molecule has 2 aliphatic heterocycles. The molecule has 1 unspecified atom stereocenters. The van der Waals surface area contributed by atoms with E-state index in [-0.39, 0.29) is 11.9 Å². The van der Waals surface area contributed by atoms with Crippen LogP contribution in [0.25, 0.3) is 0 Å². The summed E-state index contributed by atoms with van der Waals surface area (Å²) in [7, 11) is 0. The number of carbonyl (C=O) groups is 1. The van der Waals surface area contributed by atoms with Crippen molar-refractivity contribution in [2.24, 2.45) is 0 Å². The standard InChI is InChI=1S/C15H21ClN4O/c16-11-3-8-18-14(10-11)19-15(21)13-2-1-9-20(13)12-4-6-17-7-5-12/h3,8,10,12-13,17H,1-2,4-7,9H2,(H,18,19,21). The number of carbonyl (C=O) groups excluding carboxylic acids is 1. The van der Waals surface area contributed by atoms with Crippen molar-refractivity contribution in [3.05, 3.63) is 23.4 Å². The van der Waals surface area contributed by atoms with E-state index >= 15 is 0 Å². The molecule has 5 nitrogen and oxygen atoms in total. The van der Waals surface area contributed by atoms with Crippen molar-refractivity contribution in [1.82, 2.24) is 15.2 Å². The zero-order valence-corrected chi connectivity index (χ0v) is 12.8. The predicted molar refractivity (Wildman–Crippen MR) is 83.5 cm³/mol. The molecule has 21 heavy (non-hydrogen) atoms. The average molecular weight is 309 g/mol. The van der Waals surface area contributed by atoms with Gasteiger partial charge in [-0.15, -0.1) is 0 Å². The van der Waals surface area contributed by atoms with Gasteiger partial charge in [-0.1, -0.05) is 11.6 Å². The molecule has 0 aliphatic carbocycles. The highest BCUT2D eigenvalue weighted by Crippen LogP contribution is 2.25. The summed E-state index contributed by atoms with van der Waals surface area (Å²) in [5.41, 5.74) is 0. The van der Waals surface area contributed by atoms with E-state index in [1.807, 2.05) is 0 Å². The number of hydrogen-bond acceptors (Lipinski definition) is 4. The SMILES string of the molecule is O=C(Nc1cc(Cl)ccn1)C1CCCN1C1CCNCC1. The van der Waals surface area contributed by atoms with Crippen molar-refractivity contribution in [1.29, 1.82) is 0 Å². The number of anilines is 1. The van der Waals surface area contributed by atoms with Crippen LogP contribution in [0, 0.1) is 0 Å². The summed E-state index contributed by atoms with van der Waals surface area (Å²) in [6.07, 6.45) is 5.87. The topological polar surface area (TPSA) is 57.3 Å². The molecule has 3 heterocycles. The van der Waals surface area contributed by atoms with Crippen molar-refractivity contribution >= 4 is 23.3 Å². The van der Waals surface area contributed by atoms with E-state index in [1.54, 1.807) is 18.3 Å². The smallest absolute Gasteiger partial charge is 0.242 e. The van der Waals surface area contributed by atoms with Crippen molar-refractivity contribution in [2.45, 2.75) is 37.8 Å². The Balaban J connectivity index is 1.65. The maximum absolute atomic E-state index is 12.5. The lowest BCUT2D eigenvalue weighted by molar-refractivity contribution is -0.121. The second-order valence-corrected chi connectivity index (χ2v) is 6.16. The van der Waals surface area contributed by atoms with E-state index in [1.165, 1.54) is 0 Å². The second-order valence-electron chi connectivity index (χ2n) is 5.73. The molecule has 2 fully saturated rings. The molecule has 0 bridgehead atoms. The number of nitrogens with one attached hydrogen (secondary N) is 2. The molecule has 114 valence electrons. The summed E-state index contributed by atoms with van der Waals surface area (Å²) < 4.78 is 0. The van der Waals surface area contributed by atoms with Gasteiger partial charge in [0.1, 0.15) is 5.82 Å². The first kappa shape index (κ1) is 14.8. The lowest BCUT2D eigenvalue weighted by Crippen LogP contribution is -2.49. The molecule has 6 heteroatoms. The Hall–Kier alpha value is -1.17. The normalized spacial score (nSPS) is 24.1. The second kappa shape index (κ2) is 6.73. The molecule has 2 saturated heterocycles. The average Bonchev–Trinajstić information content (AvgIpc) is 2.98. The number of hydrogen-bond donors (Lipinski definition) is 2. The van der Waals surface area contributed by atoms with Gasteiger partial charge in [0.25, 0.3) is 0 Å². The molecule has 2 N–H and O–H groups in total. The molecular weight excluding hydrogens is 288 g/mol. The zero-order chi connectivity index (χ0) is 14.7. The minimum absolute atomic E-state index is 0.0334. The highest BCUT2D eigenvalue weighted by Gasteiger charge is 2.35. The maximum Gasteiger partial charge on any atom is 0.242 e. The number of likely N-dealkylation sites (tertiary alicyclic amines) is 1. The van der Waals surface area contributed by atoms with Crippen LogP contribution in [0.4, 0.5) is 5.82 Å². The Bertz CT molecular complexity index is 504. The molecule has 0 aromatic carbocycles. The molecule has 1 aromatic heterocycles. The highest BCUT2D eigenvalue weighted by atomic mass is 35.5. The van der Waals surface area contributed by atoms with Crippen LogP contribution in [-0.4, -0.2) is 47.5 Å². The first-order valence-electron chi connectivity index (χ1n) is 7.63. The number of rotatable bonds is 3. The van der Waals surface area contributed by atoms with Gasteiger partial charge in [-0.05, 0) is 57.5 Å². The highest BCUT2D eigenvalue weighted by molar-refractivity contribution is 6.30. The van der Waals surface area contributed by atoms with Crippen LogP contribution in [0.3, 0.4) is 0 Å². The third kappa shape index (κ3) is 3.54. The largest absolute Gasteiger partial charge is 0.317 e. The molecule has 0 saturated carbocycles. The first-order valence-corrected chi connectivity index (χ1v) is 8.01. The Morgan fingerprint density at radius 3 is 2.95 bits per heavy atom. The summed E-state index contributed by atoms with van der Waals surface area (Å²) in [5, 5.41) is 6.86. The predicted octanol–water partition coefficient (Wildman–Crippen LogP) is 1.89. The summed E-state index contributed by atoms with van der Waals surface area (Å²) in [6, 6.07) is 3.88. The Morgan fingerprint density at radius 1 is 1.38 bits per heavy atom. The molecule has 2 aliphatic rings. The lowest BCUT2D eigenvalue weighted by atomic mass is 10.0. The summed E-state index contributed by atoms with van der Waals surface area (Å²) in [5.74, 6) is 0.575. The van der Waals surface area contributed by atoms with Gasteiger partial charge in [-0.3, -0.25) is 9.69 Å². The van der Waals surface area contributed by atoms with Gasteiger partial charge >= 0.3 is 0 Å². The molecule has 1 atom stereocenters. The van der Waals surface area contributed by atoms with Crippen molar-refractivity contribution in [3.8, 4) is 0 Å². The van der Waals surface area contributed by atoms with Gasteiger partial charge in [0.2, 0.25) is 5.91 Å². The minimum Gasteiger partial charge on any atom is -0.317 e. The number of piperidine rings is 1. The van der Waals surface area contributed by atoms with Crippen LogP contribution in [0.2, 0.25) is 5.02 Å². The van der Waals surface area contributed by atoms with Gasteiger partial charge in [-0.25, -0.2) is 4.98 Å². The van der Waals surface area contributed by atoms with E-state index in [9.17, 15) is 4.79 Å². The quantitative estimate of drug-likeness (QED) is 0.895. The van der Waals surface area contributed by atoms with Crippen LogP contribution >= 0.6 is 11.6 Å².